The van der Waals surface area contributed by atoms with E-state index in [-0.39, 0.29) is 0 Å². The lowest BCUT2D eigenvalue weighted by molar-refractivity contribution is 0.120. The number of ether oxygens (including phenoxy) is 1. The molecular formula is C11H11NO. The maximum atomic E-state index is 8.58. The van der Waals surface area contributed by atoms with E-state index in [9.17, 15) is 0 Å². The molecule has 1 saturated carbocycles. The molecule has 0 unspecified atom stereocenters. The summed E-state index contributed by atoms with van der Waals surface area (Å²) in [5.41, 5.74) is 0.681. The Morgan fingerprint density at radius 2 is 1.92 bits per heavy atom. The first-order valence-electron chi connectivity index (χ1n) is 4.55. The number of hydrogen-bond acceptors (Lipinski definition) is 2. The summed E-state index contributed by atoms with van der Waals surface area (Å²) in [7, 11) is 0. The predicted octanol–water partition coefficient (Wildman–Crippen LogP) is 2.49. The van der Waals surface area contributed by atoms with E-state index >= 15 is 0 Å². The zero-order valence-electron chi connectivity index (χ0n) is 7.36. The molecule has 0 spiro atoms. The normalized spacial score (nSPS) is 15.9. The van der Waals surface area contributed by atoms with Gasteiger partial charge in [-0.05, 0) is 43.5 Å². The number of nitrogens with zero attached hydrogens (tertiary/aromatic N) is 1. The van der Waals surface area contributed by atoms with E-state index in [1.807, 2.05) is 12.1 Å². The Hall–Kier alpha value is -1.49. The molecule has 0 atom stereocenters. The van der Waals surface area contributed by atoms with Crippen LogP contribution < -0.4 is 4.74 Å². The second-order valence-electron chi connectivity index (χ2n) is 3.31. The fraction of sp³-hybridized carbons (Fsp3) is 0.364. The summed E-state index contributed by atoms with van der Waals surface area (Å²) in [6, 6.07) is 9.37. The van der Waals surface area contributed by atoms with Gasteiger partial charge >= 0.3 is 0 Å². The van der Waals surface area contributed by atoms with Gasteiger partial charge in [0.2, 0.25) is 0 Å². The lowest BCUT2D eigenvalue weighted by atomic mass is 9.96. The van der Waals surface area contributed by atoms with Gasteiger partial charge in [-0.3, -0.25) is 0 Å². The van der Waals surface area contributed by atoms with Gasteiger partial charge in [0, 0.05) is 0 Å². The van der Waals surface area contributed by atoms with Crippen molar-refractivity contribution in [3.05, 3.63) is 29.8 Å². The minimum Gasteiger partial charge on any atom is -0.490 e. The first-order chi connectivity index (χ1) is 6.38. The number of hydrogen-bond donors (Lipinski definition) is 0. The SMILES string of the molecule is N#Cc1ccc(OC2CCC2)cc1. The van der Waals surface area contributed by atoms with Gasteiger partial charge < -0.3 is 4.74 Å². The Balaban J connectivity index is 2.01. The van der Waals surface area contributed by atoms with Crippen LogP contribution in [0.25, 0.3) is 0 Å². The maximum Gasteiger partial charge on any atom is 0.119 e. The van der Waals surface area contributed by atoms with Crippen LogP contribution in [0.4, 0.5) is 0 Å². The van der Waals surface area contributed by atoms with Crippen LogP contribution in [-0.4, -0.2) is 6.10 Å². The van der Waals surface area contributed by atoms with E-state index in [1.54, 1.807) is 12.1 Å². The standard InChI is InChI=1S/C11H11NO/c12-8-9-4-6-11(7-5-9)13-10-2-1-3-10/h4-7,10H,1-3H2. The molecule has 0 aliphatic heterocycles. The minimum atomic E-state index is 0.410. The molecule has 0 heterocycles. The Bertz CT molecular complexity index is 319. The molecule has 2 rings (SSSR count). The van der Waals surface area contributed by atoms with Crippen LogP contribution in [0.1, 0.15) is 24.8 Å². The van der Waals surface area contributed by atoms with E-state index in [2.05, 4.69) is 6.07 Å². The predicted molar refractivity (Wildman–Crippen MR) is 49.4 cm³/mol. The summed E-state index contributed by atoms with van der Waals surface area (Å²) in [4.78, 5) is 0. The molecule has 1 fully saturated rings. The monoisotopic (exact) mass is 173 g/mol. The van der Waals surface area contributed by atoms with Crippen LogP contribution in [-0.2, 0) is 0 Å². The molecule has 0 aromatic heterocycles. The smallest absolute Gasteiger partial charge is 0.119 e. The third-order valence-electron chi connectivity index (χ3n) is 2.34. The highest BCUT2D eigenvalue weighted by molar-refractivity contribution is 5.34. The highest BCUT2D eigenvalue weighted by atomic mass is 16.5. The molecule has 0 bridgehead atoms. The Morgan fingerprint density at radius 1 is 1.23 bits per heavy atom. The molecule has 0 amide bonds. The van der Waals surface area contributed by atoms with Gasteiger partial charge in [0.15, 0.2) is 0 Å². The molecule has 13 heavy (non-hydrogen) atoms. The zero-order chi connectivity index (χ0) is 9.10. The average molecular weight is 173 g/mol. The number of benzene rings is 1. The van der Waals surface area contributed by atoms with Crippen LogP contribution in [0.15, 0.2) is 24.3 Å². The molecule has 1 aliphatic rings. The summed E-state index contributed by atoms with van der Waals surface area (Å²) in [6.07, 6.45) is 4.02. The molecule has 0 radical (unpaired) electrons. The van der Waals surface area contributed by atoms with Crippen molar-refractivity contribution in [1.82, 2.24) is 0 Å². The molecule has 1 aromatic carbocycles. The van der Waals surface area contributed by atoms with Gasteiger partial charge in [-0.25, -0.2) is 0 Å². The molecule has 2 nitrogen and oxygen atoms in total. The molecule has 2 heteroatoms. The quantitative estimate of drug-likeness (QED) is 0.688. The van der Waals surface area contributed by atoms with Crippen molar-refractivity contribution in [2.75, 3.05) is 0 Å². The van der Waals surface area contributed by atoms with Crippen molar-refractivity contribution in [1.29, 1.82) is 5.26 Å². The lowest BCUT2D eigenvalue weighted by Gasteiger charge is -2.26. The van der Waals surface area contributed by atoms with Crippen molar-refractivity contribution in [3.63, 3.8) is 0 Å². The van der Waals surface area contributed by atoms with E-state index in [0.717, 1.165) is 5.75 Å². The van der Waals surface area contributed by atoms with E-state index < -0.39 is 0 Å². The van der Waals surface area contributed by atoms with Crippen molar-refractivity contribution in [2.45, 2.75) is 25.4 Å². The second-order valence-corrected chi connectivity index (χ2v) is 3.31. The average Bonchev–Trinajstić information content (AvgIpc) is 2.12. The fourth-order valence-corrected chi connectivity index (χ4v) is 1.29. The van der Waals surface area contributed by atoms with Crippen molar-refractivity contribution in [3.8, 4) is 11.8 Å². The summed E-state index contributed by atoms with van der Waals surface area (Å²) in [5.74, 6) is 0.878. The lowest BCUT2D eigenvalue weighted by Crippen LogP contribution is -2.24. The molecule has 1 aromatic rings. The van der Waals surface area contributed by atoms with Crippen molar-refractivity contribution >= 4 is 0 Å². The highest BCUT2D eigenvalue weighted by Crippen LogP contribution is 2.24. The summed E-state index contributed by atoms with van der Waals surface area (Å²) in [5, 5.41) is 8.58. The molecular weight excluding hydrogens is 162 g/mol. The van der Waals surface area contributed by atoms with Crippen molar-refractivity contribution < 1.29 is 4.74 Å². The second kappa shape index (κ2) is 3.49. The molecule has 66 valence electrons. The van der Waals surface area contributed by atoms with Gasteiger partial charge in [-0.1, -0.05) is 0 Å². The van der Waals surface area contributed by atoms with Gasteiger partial charge in [-0.2, -0.15) is 5.26 Å². The van der Waals surface area contributed by atoms with Gasteiger partial charge in [0.05, 0.1) is 17.7 Å². The first-order valence-corrected chi connectivity index (χ1v) is 4.55. The third-order valence-corrected chi connectivity index (χ3v) is 2.34. The van der Waals surface area contributed by atoms with Crippen LogP contribution in [0.2, 0.25) is 0 Å². The largest absolute Gasteiger partial charge is 0.490 e. The minimum absolute atomic E-state index is 0.410. The number of rotatable bonds is 2. The van der Waals surface area contributed by atoms with Crippen LogP contribution in [0.5, 0.6) is 5.75 Å². The van der Waals surface area contributed by atoms with Crippen LogP contribution in [0.3, 0.4) is 0 Å². The highest BCUT2D eigenvalue weighted by Gasteiger charge is 2.18. The van der Waals surface area contributed by atoms with E-state index in [1.165, 1.54) is 19.3 Å². The van der Waals surface area contributed by atoms with Gasteiger partial charge in [0.1, 0.15) is 5.75 Å². The maximum absolute atomic E-state index is 8.58. The fourth-order valence-electron chi connectivity index (χ4n) is 1.29. The Labute approximate surface area is 77.8 Å². The molecule has 0 N–H and O–H groups in total. The summed E-state index contributed by atoms with van der Waals surface area (Å²) >= 11 is 0. The number of nitriles is 1. The summed E-state index contributed by atoms with van der Waals surface area (Å²) in [6.45, 7) is 0. The van der Waals surface area contributed by atoms with Crippen LogP contribution in [0, 0.1) is 11.3 Å². The zero-order valence-corrected chi connectivity index (χ0v) is 7.36. The van der Waals surface area contributed by atoms with Crippen molar-refractivity contribution in [2.24, 2.45) is 0 Å². The van der Waals surface area contributed by atoms with E-state index in [4.69, 9.17) is 10.00 Å². The van der Waals surface area contributed by atoms with E-state index in [0.29, 0.717) is 11.7 Å². The Morgan fingerprint density at radius 3 is 2.38 bits per heavy atom. The van der Waals surface area contributed by atoms with Gasteiger partial charge in [-0.15, -0.1) is 0 Å². The van der Waals surface area contributed by atoms with Crippen LogP contribution >= 0.6 is 0 Å². The molecule has 0 saturated heterocycles. The Kier molecular flexibility index (Phi) is 2.18. The molecule has 1 aliphatic carbocycles. The topological polar surface area (TPSA) is 33.0 Å². The summed E-state index contributed by atoms with van der Waals surface area (Å²) < 4.78 is 5.64. The first kappa shape index (κ1) is 8.12. The third kappa shape index (κ3) is 1.81. The van der Waals surface area contributed by atoms with Gasteiger partial charge in [0.25, 0.3) is 0 Å².